The minimum absolute atomic E-state index is 0.218. The summed E-state index contributed by atoms with van der Waals surface area (Å²) in [6.07, 6.45) is 3.73. The van der Waals surface area contributed by atoms with Crippen LogP contribution in [0.5, 0.6) is 0 Å². The van der Waals surface area contributed by atoms with Crippen LogP contribution in [0.15, 0.2) is 90.2 Å². The molecule has 4 aromatic rings. The number of hydrogen-bond acceptors (Lipinski definition) is 2. The van der Waals surface area contributed by atoms with Gasteiger partial charge in [-0.25, -0.2) is 4.39 Å². The Kier molecular flexibility index (Phi) is 5.63. The topological polar surface area (TPSA) is 41.4 Å². The van der Waals surface area contributed by atoms with Crippen molar-refractivity contribution in [2.45, 2.75) is 6.54 Å². The van der Waals surface area contributed by atoms with Crippen LogP contribution in [0.2, 0.25) is 0 Å². The predicted molar refractivity (Wildman–Crippen MR) is 121 cm³/mol. The van der Waals surface area contributed by atoms with E-state index in [1.807, 2.05) is 60.8 Å². The van der Waals surface area contributed by atoms with E-state index < -0.39 is 0 Å². The van der Waals surface area contributed by atoms with Crippen LogP contribution >= 0.6 is 12.2 Å². The quantitative estimate of drug-likeness (QED) is 0.276. The first kappa shape index (κ1) is 18.8. The lowest BCUT2D eigenvalue weighted by Crippen LogP contribution is -2.23. The molecule has 0 aliphatic heterocycles. The van der Waals surface area contributed by atoms with Gasteiger partial charge in [-0.15, -0.1) is 0 Å². The van der Waals surface area contributed by atoms with Gasteiger partial charge in [0.25, 0.3) is 0 Å². The minimum atomic E-state index is -0.218. The van der Waals surface area contributed by atoms with E-state index in [-0.39, 0.29) is 5.82 Å². The highest BCUT2D eigenvalue weighted by Crippen LogP contribution is 2.19. The van der Waals surface area contributed by atoms with Crippen molar-refractivity contribution in [1.29, 1.82) is 0 Å². The molecule has 1 heterocycles. The molecule has 0 fully saturated rings. The lowest BCUT2D eigenvalue weighted by atomic mass is 10.1. The number of rotatable bonds is 5. The number of halogens is 1. The first-order valence-corrected chi connectivity index (χ1v) is 9.57. The van der Waals surface area contributed by atoms with Gasteiger partial charge in [-0.05, 0) is 65.8 Å². The second-order valence-corrected chi connectivity index (χ2v) is 6.99. The summed E-state index contributed by atoms with van der Waals surface area (Å²) < 4.78 is 15.5. The molecule has 0 saturated carbocycles. The maximum absolute atomic E-state index is 13.4. The minimum Gasteiger partial charge on any atom is -0.343 e. The number of nitrogens with zero attached hydrogens (tertiary/aromatic N) is 2. The Hall–Kier alpha value is -3.51. The number of anilines is 1. The molecule has 2 N–H and O–H groups in total. The van der Waals surface area contributed by atoms with Gasteiger partial charge in [0.15, 0.2) is 5.11 Å². The zero-order valence-corrected chi connectivity index (χ0v) is 16.4. The lowest BCUT2D eigenvalue weighted by Gasteiger charge is -2.07. The van der Waals surface area contributed by atoms with Gasteiger partial charge in [-0.1, -0.05) is 36.4 Å². The average molecular weight is 402 g/mol. The molecule has 0 bridgehead atoms. The molecule has 0 spiro atoms. The van der Waals surface area contributed by atoms with Crippen molar-refractivity contribution >= 4 is 40.1 Å². The second-order valence-electron chi connectivity index (χ2n) is 6.58. The van der Waals surface area contributed by atoms with Gasteiger partial charge in [0.05, 0.1) is 6.21 Å². The van der Waals surface area contributed by atoms with Gasteiger partial charge < -0.3 is 9.88 Å². The summed E-state index contributed by atoms with van der Waals surface area (Å²) in [6.45, 7) is 0.621. The molecular weight excluding hydrogens is 383 g/mol. The Balaban J connectivity index is 1.41. The molecule has 29 heavy (non-hydrogen) atoms. The molecule has 0 amide bonds. The van der Waals surface area contributed by atoms with Crippen LogP contribution < -0.4 is 10.7 Å². The maximum Gasteiger partial charge on any atom is 0.191 e. The summed E-state index contributed by atoms with van der Waals surface area (Å²) in [5, 5.41) is 8.79. The molecule has 1 aromatic heterocycles. The van der Waals surface area contributed by atoms with Crippen LogP contribution in [0.1, 0.15) is 11.1 Å². The molecule has 144 valence electrons. The van der Waals surface area contributed by atoms with Crippen molar-refractivity contribution in [3.63, 3.8) is 0 Å². The van der Waals surface area contributed by atoms with E-state index in [0.29, 0.717) is 11.7 Å². The molecule has 0 aliphatic rings. The Morgan fingerprint density at radius 3 is 2.69 bits per heavy atom. The van der Waals surface area contributed by atoms with Gasteiger partial charge in [0.1, 0.15) is 5.82 Å². The Morgan fingerprint density at radius 2 is 1.86 bits per heavy atom. The fourth-order valence-corrected chi connectivity index (χ4v) is 3.29. The number of para-hydroxylation sites is 1. The van der Waals surface area contributed by atoms with Crippen molar-refractivity contribution < 1.29 is 4.39 Å². The molecule has 0 unspecified atom stereocenters. The van der Waals surface area contributed by atoms with Gasteiger partial charge >= 0.3 is 0 Å². The van der Waals surface area contributed by atoms with Crippen LogP contribution in [0.4, 0.5) is 10.1 Å². The van der Waals surface area contributed by atoms with Crippen LogP contribution in [0.3, 0.4) is 0 Å². The normalized spacial score (nSPS) is 11.1. The number of benzene rings is 3. The molecule has 6 heteroatoms. The molecule has 0 atom stereocenters. The Morgan fingerprint density at radius 1 is 1.00 bits per heavy atom. The Bertz CT molecular complexity index is 1170. The molecule has 3 aromatic carbocycles. The fraction of sp³-hybridized carbons (Fsp3) is 0.0435. The summed E-state index contributed by atoms with van der Waals surface area (Å²) in [5.41, 5.74) is 6.69. The molecular formula is C23H19FN4S. The molecule has 0 radical (unpaired) electrons. The number of fused-ring (bicyclic) bond motifs is 1. The fourth-order valence-electron chi connectivity index (χ4n) is 3.11. The standard InChI is InChI=1S/C23H19FN4S/c24-20-6-4-5-18(14-20)16-28-12-11-19-13-17(9-10-22(19)28)15-25-27-23(29)26-21-7-2-1-3-8-21/h1-15H,16H2,(H2,26,27,29)/b25-15-. The third kappa shape index (κ3) is 4.86. The number of thiocarbonyl (C=S) groups is 1. The first-order valence-electron chi connectivity index (χ1n) is 9.16. The van der Waals surface area contributed by atoms with E-state index in [1.165, 1.54) is 6.07 Å². The van der Waals surface area contributed by atoms with E-state index in [0.717, 1.165) is 27.7 Å². The summed E-state index contributed by atoms with van der Waals surface area (Å²) >= 11 is 5.24. The molecule has 4 rings (SSSR count). The highest BCUT2D eigenvalue weighted by molar-refractivity contribution is 7.80. The van der Waals surface area contributed by atoms with Crippen molar-refractivity contribution in [3.8, 4) is 0 Å². The Labute approximate surface area is 173 Å². The van der Waals surface area contributed by atoms with Gasteiger partial charge in [-0.3, -0.25) is 5.43 Å². The van der Waals surface area contributed by atoms with Crippen molar-refractivity contribution in [3.05, 3.63) is 102 Å². The highest BCUT2D eigenvalue weighted by atomic mass is 32.1. The van der Waals surface area contributed by atoms with E-state index >= 15 is 0 Å². The monoisotopic (exact) mass is 402 g/mol. The summed E-state index contributed by atoms with van der Waals surface area (Å²) in [5.74, 6) is -0.218. The second kappa shape index (κ2) is 8.67. The van der Waals surface area contributed by atoms with Crippen LogP contribution in [0.25, 0.3) is 10.9 Å². The number of nitrogens with one attached hydrogen (secondary N) is 2. The van der Waals surface area contributed by atoms with Crippen molar-refractivity contribution in [2.24, 2.45) is 5.10 Å². The smallest absolute Gasteiger partial charge is 0.191 e. The van der Waals surface area contributed by atoms with Gasteiger partial charge in [-0.2, -0.15) is 5.10 Å². The summed E-state index contributed by atoms with van der Waals surface area (Å²) in [6, 6.07) is 24.5. The van der Waals surface area contributed by atoms with Crippen LogP contribution in [-0.2, 0) is 6.54 Å². The third-order valence-corrected chi connectivity index (χ3v) is 4.64. The number of hydrazone groups is 1. The lowest BCUT2D eigenvalue weighted by molar-refractivity contribution is 0.624. The molecule has 4 nitrogen and oxygen atoms in total. The van der Waals surface area contributed by atoms with Gasteiger partial charge in [0, 0.05) is 29.3 Å². The van der Waals surface area contributed by atoms with E-state index in [4.69, 9.17) is 12.2 Å². The average Bonchev–Trinajstić information content (AvgIpc) is 3.11. The number of hydrogen-bond donors (Lipinski definition) is 2. The zero-order chi connectivity index (χ0) is 20.1. The summed E-state index contributed by atoms with van der Waals surface area (Å²) in [4.78, 5) is 0. The number of aromatic nitrogens is 1. The molecule has 0 aliphatic carbocycles. The van der Waals surface area contributed by atoms with E-state index in [1.54, 1.807) is 18.3 Å². The van der Waals surface area contributed by atoms with Gasteiger partial charge in [0.2, 0.25) is 0 Å². The van der Waals surface area contributed by atoms with Crippen LogP contribution in [0, 0.1) is 5.82 Å². The predicted octanol–water partition coefficient (Wildman–Crippen LogP) is 5.15. The SMILES string of the molecule is Fc1cccc(Cn2ccc3cc(/C=N\NC(=S)Nc4ccccc4)ccc32)c1. The zero-order valence-electron chi connectivity index (χ0n) is 15.5. The summed E-state index contributed by atoms with van der Waals surface area (Å²) in [7, 11) is 0. The van der Waals surface area contributed by atoms with E-state index in [2.05, 4.69) is 26.5 Å². The van der Waals surface area contributed by atoms with Crippen LogP contribution in [-0.4, -0.2) is 15.9 Å². The third-order valence-electron chi connectivity index (χ3n) is 4.45. The molecule has 0 saturated heterocycles. The maximum atomic E-state index is 13.4. The van der Waals surface area contributed by atoms with Crippen molar-refractivity contribution in [2.75, 3.05) is 5.32 Å². The largest absolute Gasteiger partial charge is 0.343 e. The first-order chi connectivity index (χ1) is 14.2. The van der Waals surface area contributed by atoms with E-state index in [9.17, 15) is 4.39 Å². The van der Waals surface area contributed by atoms with Crippen molar-refractivity contribution in [1.82, 2.24) is 9.99 Å². The highest BCUT2D eigenvalue weighted by Gasteiger charge is 2.04.